The number of hydrogen-bond acceptors (Lipinski definition) is 2. The van der Waals surface area contributed by atoms with E-state index >= 15 is 0 Å². The Hall–Kier alpha value is -0.190. The van der Waals surface area contributed by atoms with E-state index in [1.54, 1.807) is 0 Å². The molecule has 0 saturated heterocycles. The Balaban J connectivity index is 2.72. The minimum Gasteiger partial charge on any atom is -0.316 e. The molecule has 2 nitrogen and oxygen atoms in total. The van der Waals surface area contributed by atoms with Crippen LogP contribution in [-0.2, 0) is 10.8 Å². The van der Waals surface area contributed by atoms with Gasteiger partial charge in [0.2, 0.25) is 0 Å². The molecule has 1 aromatic rings. The average molecular weight is 304 g/mol. The van der Waals surface area contributed by atoms with Crippen molar-refractivity contribution >= 4 is 26.7 Å². The molecule has 2 unspecified atom stereocenters. The second-order valence-electron chi connectivity index (χ2n) is 4.11. The van der Waals surface area contributed by atoms with Crippen molar-refractivity contribution in [2.75, 3.05) is 12.8 Å². The third kappa shape index (κ3) is 4.00. The minimum atomic E-state index is -0.937. The van der Waals surface area contributed by atoms with Gasteiger partial charge in [-0.1, -0.05) is 35.8 Å². The van der Waals surface area contributed by atoms with Gasteiger partial charge in [-0.05, 0) is 31.2 Å². The smallest absolute Gasteiger partial charge is 0.0545 e. The Bertz CT molecular complexity index is 368. The van der Waals surface area contributed by atoms with Crippen LogP contribution >= 0.6 is 15.9 Å². The van der Waals surface area contributed by atoms with Crippen molar-refractivity contribution in [1.82, 2.24) is 5.32 Å². The van der Waals surface area contributed by atoms with Crippen LogP contribution in [0, 0.1) is 5.92 Å². The Morgan fingerprint density at radius 2 is 2.12 bits per heavy atom. The molecule has 1 aromatic carbocycles. The molecule has 1 N–H and O–H groups in total. The molecular weight excluding hydrogens is 286 g/mol. The maximum absolute atomic E-state index is 12.1. The first-order valence-corrected chi connectivity index (χ1v) is 7.47. The maximum atomic E-state index is 12.1. The Morgan fingerprint density at radius 1 is 1.44 bits per heavy atom. The van der Waals surface area contributed by atoms with E-state index < -0.39 is 10.8 Å². The highest BCUT2D eigenvalue weighted by Gasteiger charge is 2.15. The topological polar surface area (TPSA) is 29.1 Å². The highest BCUT2D eigenvalue weighted by Crippen LogP contribution is 2.16. The zero-order valence-corrected chi connectivity index (χ0v) is 12.3. The van der Waals surface area contributed by atoms with Gasteiger partial charge in [-0.2, -0.15) is 0 Å². The second-order valence-corrected chi connectivity index (χ2v) is 6.52. The highest BCUT2D eigenvalue weighted by atomic mass is 79.9. The average Bonchev–Trinajstić information content (AvgIpc) is 2.25. The molecule has 1 rings (SSSR count). The predicted octanol–water partition coefficient (Wildman–Crippen LogP) is 2.80. The summed E-state index contributed by atoms with van der Waals surface area (Å²) in [7, 11) is 0.983. The fraction of sp³-hybridized carbons (Fsp3) is 0.500. The summed E-state index contributed by atoms with van der Waals surface area (Å²) in [6.45, 7) is 4.28. The molecule has 16 heavy (non-hydrogen) atoms. The third-order valence-corrected chi connectivity index (χ3v) is 4.50. The van der Waals surface area contributed by atoms with Gasteiger partial charge in [-0.15, -0.1) is 0 Å². The lowest BCUT2D eigenvalue weighted by Crippen LogP contribution is -2.35. The summed E-state index contributed by atoms with van der Waals surface area (Å²) in [5.41, 5.74) is 0. The molecule has 0 fully saturated rings. The van der Waals surface area contributed by atoms with Crippen LogP contribution in [0.5, 0.6) is 0 Å². The summed E-state index contributed by atoms with van der Waals surface area (Å²) in [5, 5.41) is 3.21. The van der Waals surface area contributed by atoms with Crippen LogP contribution in [-0.4, -0.2) is 23.1 Å². The van der Waals surface area contributed by atoms with Crippen LogP contribution < -0.4 is 5.32 Å². The Morgan fingerprint density at radius 3 is 2.62 bits per heavy atom. The van der Waals surface area contributed by atoms with E-state index in [1.807, 2.05) is 31.3 Å². The standard InChI is InChI=1S/C12H18BrNOS/c1-9(2)12(14-3)8-16(15)11-6-4-5-10(13)7-11/h4-7,9,12,14H,8H2,1-3H3. The molecule has 0 bridgehead atoms. The van der Waals surface area contributed by atoms with Gasteiger partial charge in [-0.25, -0.2) is 0 Å². The summed E-state index contributed by atoms with van der Waals surface area (Å²) < 4.78 is 13.1. The van der Waals surface area contributed by atoms with E-state index in [0.29, 0.717) is 17.7 Å². The van der Waals surface area contributed by atoms with Crippen molar-refractivity contribution in [3.8, 4) is 0 Å². The molecule has 0 amide bonds. The first kappa shape index (κ1) is 13.9. The SMILES string of the molecule is CNC(CS(=O)c1cccc(Br)c1)C(C)C. The molecule has 0 heterocycles. The molecule has 2 atom stereocenters. The van der Waals surface area contributed by atoms with E-state index in [-0.39, 0.29) is 0 Å². The molecule has 0 spiro atoms. The Labute approximate surface area is 108 Å². The summed E-state index contributed by atoms with van der Waals surface area (Å²) in [6.07, 6.45) is 0. The molecule has 0 aliphatic carbocycles. The quantitative estimate of drug-likeness (QED) is 0.906. The fourth-order valence-electron chi connectivity index (χ4n) is 1.48. The van der Waals surface area contributed by atoms with Crippen molar-refractivity contribution in [2.24, 2.45) is 5.92 Å². The summed E-state index contributed by atoms with van der Waals surface area (Å²) >= 11 is 3.39. The Kier molecular flexibility index (Phi) is 5.66. The van der Waals surface area contributed by atoms with Gasteiger partial charge in [0.15, 0.2) is 0 Å². The lowest BCUT2D eigenvalue weighted by Gasteiger charge is -2.19. The molecule has 90 valence electrons. The fourth-order valence-corrected chi connectivity index (χ4v) is 3.59. The van der Waals surface area contributed by atoms with Crippen molar-refractivity contribution in [3.63, 3.8) is 0 Å². The largest absolute Gasteiger partial charge is 0.316 e. The van der Waals surface area contributed by atoms with Crippen LogP contribution in [0.3, 0.4) is 0 Å². The number of hydrogen-bond donors (Lipinski definition) is 1. The van der Waals surface area contributed by atoms with Crippen LogP contribution in [0.2, 0.25) is 0 Å². The zero-order valence-electron chi connectivity index (χ0n) is 9.87. The van der Waals surface area contributed by atoms with E-state index in [2.05, 4.69) is 35.1 Å². The third-order valence-electron chi connectivity index (χ3n) is 2.57. The van der Waals surface area contributed by atoms with Gasteiger partial charge in [-0.3, -0.25) is 4.21 Å². The summed E-state index contributed by atoms with van der Waals surface area (Å²) in [4.78, 5) is 0.885. The van der Waals surface area contributed by atoms with Gasteiger partial charge in [0, 0.05) is 21.2 Å². The first-order chi connectivity index (χ1) is 7.54. The number of benzene rings is 1. The summed E-state index contributed by atoms with van der Waals surface area (Å²) in [5.74, 6) is 1.14. The minimum absolute atomic E-state index is 0.291. The normalized spacial score (nSPS) is 15.1. The van der Waals surface area contributed by atoms with E-state index in [4.69, 9.17) is 0 Å². The lowest BCUT2D eigenvalue weighted by molar-refractivity contribution is 0.461. The monoisotopic (exact) mass is 303 g/mol. The van der Waals surface area contributed by atoms with Crippen LogP contribution in [0.4, 0.5) is 0 Å². The van der Waals surface area contributed by atoms with Crippen LogP contribution in [0.25, 0.3) is 0 Å². The zero-order chi connectivity index (χ0) is 12.1. The van der Waals surface area contributed by atoms with Crippen LogP contribution in [0.15, 0.2) is 33.6 Å². The predicted molar refractivity (Wildman–Crippen MR) is 73.1 cm³/mol. The van der Waals surface area contributed by atoms with Crippen molar-refractivity contribution in [2.45, 2.75) is 24.8 Å². The second kappa shape index (κ2) is 6.52. The van der Waals surface area contributed by atoms with E-state index in [0.717, 1.165) is 9.37 Å². The number of halogens is 1. The van der Waals surface area contributed by atoms with Gasteiger partial charge < -0.3 is 5.32 Å². The lowest BCUT2D eigenvalue weighted by atomic mass is 10.1. The van der Waals surface area contributed by atoms with Gasteiger partial charge >= 0.3 is 0 Å². The van der Waals surface area contributed by atoms with Crippen molar-refractivity contribution < 1.29 is 4.21 Å². The molecule has 4 heteroatoms. The van der Waals surface area contributed by atoms with Crippen molar-refractivity contribution in [1.29, 1.82) is 0 Å². The molecule has 0 aromatic heterocycles. The van der Waals surface area contributed by atoms with Crippen molar-refractivity contribution in [3.05, 3.63) is 28.7 Å². The first-order valence-electron chi connectivity index (χ1n) is 5.35. The highest BCUT2D eigenvalue weighted by molar-refractivity contribution is 9.10. The van der Waals surface area contributed by atoms with Gasteiger partial charge in [0.25, 0.3) is 0 Å². The molecular formula is C12H18BrNOS. The number of rotatable bonds is 5. The number of nitrogens with one attached hydrogen (secondary N) is 1. The van der Waals surface area contributed by atoms with Gasteiger partial charge in [0.05, 0.1) is 10.8 Å². The molecule has 0 aliphatic rings. The summed E-state index contributed by atoms with van der Waals surface area (Å²) in [6, 6.07) is 7.98. The van der Waals surface area contributed by atoms with E-state index in [9.17, 15) is 4.21 Å². The van der Waals surface area contributed by atoms with Gasteiger partial charge in [0.1, 0.15) is 0 Å². The molecule has 0 aliphatic heterocycles. The maximum Gasteiger partial charge on any atom is 0.0545 e. The molecule has 0 radical (unpaired) electrons. The van der Waals surface area contributed by atoms with Crippen LogP contribution in [0.1, 0.15) is 13.8 Å². The van der Waals surface area contributed by atoms with E-state index in [1.165, 1.54) is 0 Å². The molecule has 0 saturated carbocycles.